The van der Waals surface area contributed by atoms with Crippen molar-refractivity contribution in [3.8, 4) is 0 Å². The normalized spacial score (nSPS) is 19.5. The fourth-order valence-corrected chi connectivity index (χ4v) is 2.46. The number of rotatable bonds is 6. The molecule has 0 spiro atoms. The van der Waals surface area contributed by atoms with Crippen molar-refractivity contribution in [3.05, 3.63) is 0 Å². The first-order valence-corrected chi connectivity index (χ1v) is 6.96. The summed E-state index contributed by atoms with van der Waals surface area (Å²) in [6.45, 7) is 2.15. The fraction of sp³-hybridized carbons (Fsp3) is 0.846. The maximum absolute atomic E-state index is 11.6. The van der Waals surface area contributed by atoms with Crippen molar-refractivity contribution in [1.29, 1.82) is 0 Å². The van der Waals surface area contributed by atoms with Crippen LogP contribution in [0.3, 0.4) is 0 Å². The number of carboxylic acid groups (broad SMARTS) is 1. The molecule has 0 aromatic heterocycles. The summed E-state index contributed by atoms with van der Waals surface area (Å²) in [5, 5.41) is 23.0. The van der Waals surface area contributed by atoms with Crippen LogP contribution in [-0.2, 0) is 4.79 Å². The Morgan fingerprint density at radius 3 is 2.47 bits per heavy atom. The number of aliphatic hydroxyl groups excluding tert-OH is 1. The highest BCUT2D eigenvalue weighted by Gasteiger charge is 2.21. The van der Waals surface area contributed by atoms with Gasteiger partial charge in [-0.3, -0.25) is 0 Å². The number of hydrogen-bond acceptors (Lipinski definition) is 3. The molecule has 0 aromatic rings. The average molecular weight is 272 g/mol. The molecule has 1 aliphatic carbocycles. The Kier molecular flexibility index (Phi) is 6.62. The third kappa shape index (κ3) is 5.92. The van der Waals surface area contributed by atoms with Gasteiger partial charge in [-0.05, 0) is 25.7 Å². The highest BCUT2D eigenvalue weighted by molar-refractivity contribution is 5.74. The Morgan fingerprint density at radius 1 is 1.26 bits per heavy atom. The quantitative estimate of drug-likeness (QED) is 0.581. The van der Waals surface area contributed by atoms with Gasteiger partial charge in [0.2, 0.25) is 0 Å². The second kappa shape index (κ2) is 7.99. The van der Waals surface area contributed by atoms with E-state index in [9.17, 15) is 9.59 Å². The van der Waals surface area contributed by atoms with Crippen molar-refractivity contribution in [2.45, 2.75) is 57.6 Å². The summed E-state index contributed by atoms with van der Waals surface area (Å²) < 4.78 is 0. The summed E-state index contributed by atoms with van der Waals surface area (Å²) in [7, 11) is 0. The number of nitrogens with one attached hydrogen (secondary N) is 2. The zero-order valence-electron chi connectivity index (χ0n) is 11.4. The topological polar surface area (TPSA) is 98.7 Å². The number of aliphatic hydroxyl groups is 1. The molecule has 1 fully saturated rings. The first-order chi connectivity index (χ1) is 9.00. The minimum atomic E-state index is -1.42. The highest BCUT2D eigenvalue weighted by Crippen LogP contribution is 2.26. The van der Waals surface area contributed by atoms with Gasteiger partial charge in [0, 0.05) is 19.0 Å². The number of hydrogen-bond donors (Lipinski definition) is 4. The number of carbonyl (C=O) groups excluding carboxylic acids is 1. The van der Waals surface area contributed by atoms with Gasteiger partial charge in [0.25, 0.3) is 0 Å². The van der Waals surface area contributed by atoms with Gasteiger partial charge in [0.05, 0.1) is 0 Å². The second-order valence-corrected chi connectivity index (χ2v) is 5.23. The van der Waals surface area contributed by atoms with Crippen molar-refractivity contribution in [2.24, 2.45) is 5.92 Å². The molecule has 1 rings (SSSR count). The molecule has 6 heteroatoms. The van der Waals surface area contributed by atoms with Crippen molar-refractivity contribution in [3.63, 3.8) is 0 Å². The molecule has 2 atom stereocenters. The number of aliphatic carboxylic acids is 1. The smallest absolute Gasteiger partial charge is 0.332 e. The molecule has 2 unspecified atom stereocenters. The van der Waals surface area contributed by atoms with Crippen molar-refractivity contribution < 1.29 is 19.8 Å². The molecule has 1 aliphatic rings. The minimum Gasteiger partial charge on any atom is -0.479 e. The molecular weight excluding hydrogens is 248 g/mol. The van der Waals surface area contributed by atoms with Crippen LogP contribution >= 0.6 is 0 Å². The van der Waals surface area contributed by atoms with E-state index in [1.54, 1.807) is 0 Å². The zero-order valence-corrected chi connectivity index (χ0v) is 11.4. The molecule has 6 nitrogen and oxygen atoms in total. The summed E-state index contributed by atoms with van der Waals surface area (Å²) in [4.78, 5) is 22.0. The van der Waals surface area contributed by atoms with Crippen LogP contribution in [0, 0.1) is 5.92 Å². The molecular formula is C13H24N2O4. The number of amides is 2. The Hall–Kier alpha value is -1.30. The molecule has 2 amide bonds. The van der Waals surface area contributed by atoms with E-state index in [0.717, 1.165) is 12.8 Å². The lowest BCUT2D eigenvalue weighted by atomic mass is 9.85. The Labute approximate surface area is 113 Å². The minimum absolute atomic E-state index is 0.0144. The summed E-state index contributed by atoms with van der Waals surface area (Å²) in [6, 6.07) is -0.166. The van der Waals surface area contributed by atoms with Crippen LogP contribution in [-0.4, -0.2) is 40.9 Å². The lowest BCUT2D eigenvalue weighted by Crippen LogP contribution is -2.45. The number of urea groups is 1. The standard InChI is InChI=1S/C13H24N2O4/c1-9(10-5-3-2-4-6-10)15-13(19)14-8-7-11(16)12(17)18/h9-11,16H,2-8H2,1H3,(H,17,18)(H2,14,15,19). The van der Waals surface area contributed by atoms with Crippen LogP contribution in [0.1, 0.15) is 45.4 Å². The highest BCUT2D eigenvalue weighted by atomic mass is 16.4. The molecule has 0 saturated heterocycles. The van der Waals surface area contributed by atoms with E-state index < -0.39 is 12.1 Å². The van der Waals surface area contributed by atoms with Crippen molar-refractivity contribution in [1.82, 2.24) is 10.6 Å². The molecule has 0 radical (unpaired) electrons. The van der Waals surface area contributed by atoms with Crippen LogP contribution in [0.2, 0.25) is 0 Å². The predicted molar refractivity (Wildman–Crippen MR) is 70.8 cm³/mol. The lowest BCUT2D eigenvalue weighted by molar-refractivity contribution is -0.146. The monoisotopic (exact) mass is 272 g/mol. The van der Waals surface area contributed by atoms with Gasteiger partial charge in [-0.1, -0.05) is 19.3 Å². The maximum Gasteiger partial charge on any atom is 0.332 e. The summed E-state index contributed by atoms with van der Waals surface area (Å²) >= 11 is 0. The van der Waals surface area contributed by atoms with Crippen molar-refractivity contribution in [2.75, 3.05) is 6.54 Å². The molecule has 4 N–H and O–H groups in total. The first-order valence-electron chi connectivity index (χ1n) is 6.96. The molecule has 110 valence electrons. The van der Waals surface area contributed by atoms with Gasteiger partial charge in [-0.15, -0.1) is 0 Å². The maximum atomic E-state index is 11.6. The Morgan fingerprint density at radius 2 is 1.89 bits per heavy atom. The van der Waals surface area contributed by atoms with E-state index in [1.165, 1.54) is 19.3 Å². The van der Waals surface area contributed by atoms with E-state index >= 15 is 0 Å². The Bertz CT molecular complexity index is 303. The lowest BCUT2D eigenvalue weighted by Gasteiger charge is -2.28. The molecule has 1 saturated carbocycles. The van der Waals surface area contributed by atoms with Crippen molar-refractivity contribution >= 4 is 12.0 Å². The third-order valence-corrected chi connectivity index (χ3v) is 3.70. The molecule has 0 bridgehead atoms. The van der Waals surface area contributed by atoms with E-state index in [4.69, 9.17) is 10.2 Å². The second-order valence-electron chi connectivity index (χ2n) is 5.23. The molecule has 19 heavy (non-hydrogen) atoms. The van der Waals surface area contributed by atoms with E-state index in [2.05, 4.69) is 10.6 Å². The zero-order chi connectivity index (χ0) is 14.3. The first kappa shape index (κ1) is 15.8. The van der Waals surface area contributed by atoms with Gasteiger partial charge < -0.3 is 20.8 Å². The van der Waals surface area contributed by atoms with E-state index in [0.29, 0.717) is 5.92 Å². The molecule has 0 heterocycles. The van der Waals surface area contributed by atoms with Crippen LogP contribution in [0.5, 0.6) is 0 Å². The average Bonchev–Trinajstić information content (AvgIpc) is 2.39. The van der Waals surface area contributed by atoms with Crippen LogP contribution in [0.15, 0.2) is 0 Å². The molecule has 0 aromatic carbocycles. The third-order valence-electron chi connectivity index (χ3n) is 3.70. The summed E-state index contributed by atoms with van der Waals surface area (Å²) in [6.07, 6.45) is 4.63. The van der Waals surface area contributed by atoms with Gasteiger partial charge in [0.15, 0.2) is 6.10 Å². The molecule has 0 aliphatic heterocycles. The van der Waals surface area contributed by atoms with Crippen LogP contribution < -0.4 is 10.6 Å². The summed E-state index contributed by atoms with van der Waals surface area (Å²) in [5.74, 6) is -0.734. The van der Waals surface area contributed by atoms with Gasteiger partial charge in [-0.25, -0.2) is 9.59 Å². The number of carboxylic acids is 1. The van der Waals surface area contributed by atoms with Gasteiger partial charge >= 0.3 is 12.0 Å². The van der Waals surface area contributed by atoms with E-state index in [1.807, 2.05) is 6.92 Å². The Balaban J connectivity index is 2.17. The summed E-state index contributed by atoms with van der Waals surface area (Å²) in [5.41, 5.74) is 0. The van der Waals surface area contributed by atoms with Gasteiger partial charge in [-0.2, -0.15) is 0 Å². The largest absolute Gasteiger partial charge is 0.479 e. The predicted octanol–water partition coefficient (Wildman–Crippen LogP) is 1.09. The number of carbonyl (C=O) groups is 2. The SMILES string of the molecule is CC(NC(=O)NCCC(O)C(=O)O)C1CCCCC1. The van der Waals surface area contributed by atoms with E-state index in [-0.39, 0.29) is 25.0 Å². The van der Waals surface area contributed by atoms with Gasteiger partial charge in [0.1, 0.15) is 0 Å². The fourth-order valence-electron chi connectivity index (χ4n) is 2.46. The van der Waals surface area contributed by atoms with Crippen LogP contribution in [0.25, 0.3) is 0 Å². The van der Waals surface area contributed by atoms with Crippen LogP contribution in [0.4, 0.5) is 4.79 Å².